The molecular formula is C26H23N5O4. The second-order valence-electron chi connectivity index (χ2n) is 8.42. The summed E-state index contributed by atoms with van der Waals surface area (Å²) in [4.78, 5) is 35.6. The fourth-order valence-corrected chi connectivity index (χ4v) is 4.35. The van der Waals surface area contributed by atoms with E-state index < -0.39 is 5.91 Å². The molecule has 9 nitrogen and oxygen atoms in total. The van der Waals surface area contributed by atoms with E-state index in [1.54, 1.807) is 48.2 Å². The van der Waals surface area contributed by atoms with Crippen LogP contribution in [-0.2, 0) is 11.3 Å². The number of aryl methyl sites for hydroxylation is 1. The largest absolute Gasteiger partial charge is 0.497 e. The number of amides is 1. The summed E-state index contributed by atoms with van der Waals surface area (Å²) in [7, 11) is 1.55. The van der Waals surface area contributed by atoms with E-state index in [1.807, 2.05) is 13.0 Å². The Morgan fingerprint density at radius 2 is 2.09 bits per heavy atom. The van der Waals surface area contributed by atoms with Crippen molar-refractivity contribution in [3.63, 3.8) is 0 Å². The number of rotatable bonds is 4. The maximum atomic E-state index is 13.4. The Kier molecular flexibility index (Phi) is 5.89. The van der Waals surface area contributed by atoms with Gasteiger partial charge in [-0.15, -0.1) is 0 Å². The zero-order chi connectivity index (χ0) is 24.5. The fraction of sp³-hybridized carbons (Fsp3) is 0.269. The Morgan fingerprint density at radius 3 is 2.77 bits per heavy atom. The molecule has 0 N–H and O–H groups in total. The molecule has 0 radical (unpaired) electrons. The van der Waals surface area contributed by atoms with Crippen LogP contribution in [0.15, 0.2) is 58.4 Å². The first-order valence-corrected chi connectivity index (χ1v) is 11.3. The molecule has 1 aliphatic heterocycles. The monoisotopic (exact) mass is 469 g/mol. The Bertz CT molecular complexity index is 1620. The normalized spacial score (nSPS) is 16.0. The average Bonchev–Trinajstić information content (AvgIpc) is 3.39. The van der Waals surface area contributed by atoms with Crippen LogP contribution < -0.4 is 15.8 Å². The van der Waals surface area contributed by atoms with Crippen LogP contribution in [0.3, 0.4) is 0 Å². The van der Waals surface area contributed by atoms with Crippen molar-refractivity contribution in [1.82, 2.24) is 14.0 Å². The van der Waals surface area contributed by atoms with Crippen molar-refractivity contribution in [2.24, 2.45) is 4.99 Å². The van der Waals surface area contributed by atoms with Crippen LogP contribution >= 0.6 is 0 Å². The first kappa shape index (κ1) is 22.5. The predicted octanol–water partition coefficient (Wildman–Crippen LogP) is 2.76. The fourth-order valence-electron chi connectivity index (χ4n) is 4.35. The summed E-state index contributed by atoms with van der Waals surface area (Å²) >= 11 is 0. The summed E-state index contributed by atoms with van der Waals surface area (Å²) in [6.45, 7) is 2.83. The van der Waals surface area contributed by atoms with Gasteiger partial charge >= 0.3 is 0 Å². The summed E-state index contributed by atoms with van der Waals surface area (Å²) in [5.41, 5.74) is 2.01. The molecule has 1 aliphatic rings. The highest BCUT2D eigenvalue weighted by atomic mass is 16.5. The molecule has 1 amide bonds. The minimum absolute atomic E-state index is 0.115. The molecule has 1 saturated heterocycles. The van der Waals surface area contributed by atoms with Gasteiger partial charge in [-0.1, -0.05) is 6.07 Å². The lowest BCUT2D eigenvalue weighted by Gasteiger charge is -2.17. The van der Waals surface area contributed by atoms with Crippen LogP contribution in [-0.4, -0.2) is 39.7 Å². The first-order valence-electron chi connectivity index (χ1n) is 11.3. The van der Waals surface area contributed by atoms with Gasteiger partial charge < -0.3 is 14.0 Å². The van der Waals surface area contributed by atoms with Gasteiger partial charge in [0.1, 0.15) is 23.1 Å². The molecular weight excluding hydrogens is 446 g/mol. The second kappa shape index (κ2) is 9.16. The highest BCUT2D eigenvalue weighted by molar-refractivity contribution is 5.95. The van der Waals surface area contributed by atoms with E-state index in [0.29, 0.717) is 35.8 Å². The smallest absolute Gasteiger partial charge is 0.278 e. The van der Waals surface area contributed by atoms with Gasteiger partial charge in [0.25, 0.3) is 11.5 Å². The third kappa shape index (κ3) is 4.09. The summed E-state index contributed by atoms with van der Waals surface area (Å²) in [6, 6.07) is 13.8. The standard InChI is InChI=1S/C26H23N5O4/c1-16-5-3-11-30-22(16)28-24-21(26(30)33)13-18(14-27)23(31(24)15-20-6-4-12-35-20)29-25(32)17-7-9-19(34-2)10-8-17/h3,5,7-11,13,20H,4,6,12,15H2,1-2H3/t20-/m1/s1. The minimum atomic E-state index is -0.515. The van der Waals surface area contributed by atoms with Crippen molar-refractivity contribution < 1.29 is 14.3 Å². The number of aromatic nitrogens is 3. The molecule has 9 heteroatoms. The van der Waals surface area contributed by atoms with Gasteiger partial charge in [0, 0.05) is 18.4 Å². The molecule has 35 heavy (non-hydrogen) atoms. The quantitative estimate of drug-likeness (QED) is 0.425. The topological polar surface area (TPSA) is 111 Å². The average molecular weight is 470 g/mol. The summed E-state index contributed by atoms with van der Waals surface area (Å²) in [5, 5.41) is 10.2. The summed E-state index contributed by atoms with van der Waals surface area (Å²) in [5.74, 6) is 0.101. The van der Waals surface area contributed by atoms with E-state index in [1.165, 1.54) is 10.5 Å². The van der Waals surface area contributed by atoms with Crippen LogP contribution in [0.4, 0.5) is 0 Å². The summed E-state index contributed by atoms with van der Waals surface area (Å²) in [6.07, 6.45) is 3.25. The Labute approximate surface area is 200 Å². The number of hydrogen-bond donors (Lipinski definition) is 0. The van der Waals surface area contributed by atoms with Crippen LogP contribution in [0, 0.1) is 18.3 Å². The molecule has 176 valence electrons. The highest BCUT2D eigenvalue weighted by Crippen LogP contribution is 2.18. The molecule has 1 aromatic carbocycles. The number of fused-ring (bicyclic) bond motifs is 2. The molecule has 5 rings (SSSR count). The Hall–Kier alpha value is -4.29. The molecule has 0 unspecified atom stereocenters. The van der Waals surface area contributed by atoms with Crippen molar-refractivity contribution in [3.8, 4) is 11.8 Å². The number of nitriles is 1. The number of pyridine rings is 2. The number of carbonyl (C=O) groups excluding carboxylic acids is 1. The lowest BCUT2D eigenvalue weighted by Crippen LogP contribution is -2.33. The number of carbonyl (C=O) groups is 1. The van der Waals surface area contributed by atoms with Gasteiger partial charge in [0.05, 0.1) is 30.7 Å². The molecule has 4 aromatic rings. The van der Waals surface area contributed by atoms with E-state index in [4.69, 9.17) is 14.5 Å². The van der Waals surface area contributed by atoms with E-state index in [9.17, 15) is 14.9 Å². The van der Waals surface area contributed by atoms with Crippen LogP contribution in [0.5, 0.6) is 5.75 Å². The van der Waals surface area contributed by atoms with Gasteiger partial charge in [-0.2, -0.15) is 10.3 Å². The van der Waals surface area contributed by atoms with E-state index >= 15 is 0 Å². The number of nitrogens with zero attached hydrogens (tertiary/aromatic N) is 5. The molecule has 0 saturated carbocycles. The second-order valence-corrected chi connectivity index (χ2v) is 8.42. The molecule has 0 aliphatic carbocycles. The van der Waals surface area contributed by atoms with E-state index in [-0.39, 0.29) is 28.1 Å². The summed E-state index contributed by atoms with van der Waals surface area (Å²) < 4.78 is 14.1. The van der Waals surface area contributed by atoms with Gasteiger partial charge in [-0.3, -0.25) is 14.0 Å². The van der Waals surface area contributed by atoms with Gasteiger partial charge in [0.2, 0.25) is 0 Å². The van der Waals surface area contributed by atoms with Crippen LogP contribution in [0.2, 0.25) is 0 Å². The van der Waals surface area contributed by atoms with Crippen molar-refractivity contribution in [2.45, 2.75) is 32.4 Å². The van der Waals surface area contributed by atoms with Gasteiger partial charge in [0.15, 0.2) is 5.49 Å². The SMILES string of the molecule is COc1ccc(C(=O)N=c2c(C#N)cc3c(=O)n4cccc(C)c4nc3n2C[C@H]2CCCO2)cc1. The predicted molar refractivity (Wildman–Crippen MR) is 128 cm³/mol. The molecule has 0 spiro atoms. The van der Waals surface area contributed by atoms with Crippen LogP contribution in [0.25, 0.3) is 16.7 Å². The van der Waals surface area contributed by atoms with E-state index in [0.717, 1.165) is 18.4 Å². The zero-order valence-corrected chi connectivity index (χ0v) is 19.4. The molecule has 0 bridgehead atoms. The minimum Gasteiger partial charge on any atom is -0.497 e. The Morgan fingerprint density at radius 1 is 1.29 bits per heavy atom. The number of benzene rings is 1. The number of hydrogen-bond acceptors (Lipinski definition) is 6. The zero-order valence-electron chi connectivity index (χ0n) is 19.4. The lowest BCUT2D eigenvalue weighted by molar-refractivity contribution is 0.0952. The molecule has 1 fully saturated rings. The maximum absolute atomic E-state index is 13.4. The Balaban J connectivity index is 1.81. The van der Waals surface area contributed by atoms with E-state index in [2.05, 4.69) is 11.1 Å². The third-order valence-electron chi connectivity index (χ3n) is 6.18. The highest BCUT2D eigenvalue weighted by Gasteiger charge is 2.21. The van der Waals surface area contributed by atoms with Crippen molar-refractivity contribution in [1.29, 1.82) is 5.26 Å². The number of ether oxygens (including phenoxy) is 2. The maximum Gasteiger partial charge on any atom is 0.278 e. The van der Waals surface area contributed by atoms with Crippen LogP contribution in [0.1, 0.15) is 34.3 Å². The molecule has 4 heterocycles. The van der Waals surface area contributed by atoms with Gasteiger partial charge in [-0.25, -0.2) is 4.98 Å². The van der Waals surface area contributed by atoms with Crippen molar-refractivity contribution in [2.75, 3.05) is 13.7 Å². The van der Waals surface area contributed by atoms with Crippen molar-refractivity contribution >= 4 is 22.6 Å². The van der Waals surface area contributed by atoms with Gasteiger partial charge in [-0.05, 0) is 61.7 Å². The third-order valence-corrected chi connectivity index (χ3v) is 6.18. The number of methoxy groups -OCH3 is 1. The molecule has 1 atom stereocenters. The first-order chi connectivity index (χ1) is 17.0. The lowest BCUT2D eigenvalue weighted by atomic mass is 10.1. The van der Waals surface area contributed by atoms with Crippen molar-refractivity contribution in [3.05, 3.63) is 81.2 Å². The molecule has 3 aromatic heterocycles.